The number of benzene rings is 1. The van der Waals surface area contributed by atoms with Crippen molar-refractivity contribution in [3.8, 4) is 6.07 Å². The van der Waals surface area contributed by atoms with Crippen LogP contribution >= 0.6 is 11.6 Å². The van der Waals surface area contributed by atoms with E-state index in [1.54, 1.807) is 12.1 Å². The lowest BCUT2D eigenvalue weighted by molar-refractivity contribution is 0.558. The molecule has 1 aromatic carbocycles. The highest BCUT2D eigenvalue weighted by molar-refractivity contribution is 6.32. The van der Waals surface area contributed by atoms with E-state index in [4.69, 9.17) is 16.0 Å². The first-order valence-corrected chi connectivity index (χ1v) is 6.91. The summed E-state index contributed by atoms with van der Waals surface area (Å²) in [6, 6.07) is 5.51. The normalized spacial score (nSPS) is 14.8. The molecule has 0 atom stereocenters. The Hall–Kier alpha value is -1.99. The molecule has 0 radical (unpaired) electrons. The highest BCUT2D eigenvalue weighted by Gasteiger charge is 2.23. The Bertz CT molecular complexity index is 783. The zero-order chi connectivity index (χ0) is 14.3. The van der Waals surface area contributed by atoms with Crippen molar-refractivity contribution < 1.29 is 4.42 Å². The van der Waals surface area contributed by atoms with Crippen molar-refractivity contribution in [2.24, 2.45) is 0 Å². The van der Waals surface area contributed by atoms with Crippen LogP contribution in [0, 0.1) is 18.3 Å². The minimum absolute atomic E-state index is 0.0688. The van der Waals surface area contributed by atoms with Crippen molar-refractivity contribution in [1.29, 1.82) is 5.26 Å². The predicted molar refractivity (Wildman–Crippen MR) is 78.4 cm³/mol. The van der Waals surface area contributed by atoms with Gasteiger partial charge in [0.15, 0.2) is 5.56 Å². The van der Waals surface area contributed by atoms with E-state index in [0.29, 0.717) is 16.3 Å². The number of rotatable bonds is 1. The van der Waals surface area contributed by atoms with Gasteiger partial charge in [0.25, 0.3) is 0 Å². The molecule has 102 valence electrons. The SMILES string of the molecule is Cc1cc2oc(=O)c(C#N)c(N3CCCC3)c2cc1Cl. The highest BCUT2D eigenvalue weighted by atomic mass is 35.5. The monoisotopic (exact) mass is 288 g/mol. The Morgan fingerprint density at radius 3 is 2.70 bits per heavy atom. The third kappa shape index (κ3) is 1.95. The molecule has 0 N–H and O–H groups in total. The van der Waals surface area contributed by atoms with Crippen molar-refractivity contribution in [1.82, 2.24) is 0 Å². The van der Waals surface area contributed by atoms with Crippen molar-refractivity contribution in [2.45, 2.75) is 19.8 Å². The van der Waals surface area contributed by atoms with Crippen molar-refractivity contribution in [3.63, 3.8) is 0 Å². The maximum atomic E-state index is 12.0. The topological polar surface area (TPSA) is 57.2 Å². The summed E-state index contributed by atoms with van der Waals surface area (Å²) >= 11 is 6.18. The quantitative estimate of drug-likeness (QED) is 0.756. The molecule has 0 aliphatic carbocycles. The number of anilines is 1. The molecule has 0 amide bonds. The number of hydrogen-bond acceptors (Lipinski definition) is 4. The molecule has 1 aliphatic heterocycles. The third-order valence-electron chi connectivity index (χ3n) is 3.69. The van der Waals surface area contributed by atoms with Gasteiger partial charge in [-0.3, -0.25) is 0 Å². The van der Waals surface area contributed by atoms with Gasteiger partial charge in [0.2, 0.25) is 0 Å². The Morgan fingerprint density at radius 1 is 1.35 bits per heavy atom. The number of fused-ring (bicyclic) bond motifs is 1. The van der Waals surface area contributed by atoms with Crippen LogP contribution in [0.5, 0.6) is 0 Å². The third-order valence-corrected chi connectivity index (χ3v) is 4.10. The molecule has 0 bridgehead atoms. The van der Waals surface area contributed by atoms with Crippen LogP contribution in [0.3, 0.4) is 0 Å². The van der Waals surface area contributed by atoms with E-state index in [-0.39, 0.29) is 5.56 Å². The molecule has 2 heterocycles. The molecule has 0 saturated carbocycles. The van der Waals surface area contributed by atoms with Gasteiger partial charge in [-0.15, -0.1) is 0 Å². The van der Waals surface area contributed by atoms with E-state index in [1.807, 2.05) is 13.0 Å². The lowest BCUT2D eigenvalue weighted by Crippen LogP contribution is -2.22. The zero-order valence-electron chi connectivity index (χ0n) is 11.1. The molecule has 3 rings (SSSR count). The molecule has 2 aromatic rings. The zero-order valence-corrected chi connectivity index (χ0v) is 11.8. The van der Waals surface area contributed by atoms with Crippen LogP contribution in [0.2, 0.25) is 5.02 Å². The minimum Gasteiger partial charge on any atom is -0.422 e. The summed E-state index contributed by atoms with van der Waals surface area (Å²) < 4.78 is 5.26. The number of nitriles is 1. The lowest BCUT2D eigenvalue weighted by atomic mass is 10.1. The van der Waals surface area contributed by atoms with E-state index in [0.717, 1.165) is 36.9 Å². The predicted octanol–water partition coefficient (Wildman–Crippen LogP) is 3.23. The van der Waals surface area contributed by atoms with Gasteiger partial charge in [-0.2, -0.15) is 5.26 Å². The van der Waals surface area contributed by atoms with E-state index in [1.165, 1.54) is 0 Å². The first kappa shape index (κ1) is 13.0. The summed E-state index contributed by atoms with van der Waals surface area (Å²) in [5, 5.41) is 10.6. The fourth-order valence-electron chi connectivity index (χ4n) is 2.67. The van der Waals surface area contributed by atoms with E-state index in [9.17, 15) is 10.1 Å². The number of hydrogen-bond donors (Lipinski definition) is 0. The molecule has 1 fully saturated rings. The average molecular weight is 289 g/mol. The molecule has 4 nitrogen and oxygen atoms in total. The van der Waals surface area contributed by atoms with E-state index in [2.05, 4.69) is 4.90 Å². The molecular formula is C15H13ClN2O2. The molecule has 20 heavy (non-hydrogen) atoms. The first-order valence-electron chi connectivity index (χ1n) is 6.54. The highest BCUT2D eigenvalue weighted by Crippen LogP contribution is 2.34. The molecule has 0 unspecified atom stereocenters. The molecule has 1 aliphatic rings. The maximum Gasteiger partial charge on any atom is 0.356 e. The molecular weight excluding hydrogens is 276 g/mol. The second kappa shape index (κ2) is 4.84. The fourth-order valence-corrected chi connectivity index (χ4v) is 2.84. The summed E-state index contributed by atoms with van der Waals surface area (Å²) in [6.07, 6.45) is 2.12. The second-order valence-corrected chi connectivity index (χ2v) is 5.42. The molecule has 1 aromatic heterocycles. The smallest absolute Gasteiger partial charge is 0.356 e. The minimum atomic E-state index is -0.580. The van der Waals surface area contributed by atoms with Gasteiger partial charge in [-0.05, 0) is 37.5 Å². The lowest BCUT2D eigenvalue weighted by Gasteiger charge is -2.20. The van der Waals surface area contributed by atoms with Gasteiger partial charge in [0.1, 0.15) is 11.7 Å². The summed E-state index contributed by atoms with van der Waals surface area (Å²) in [7, 11) is 0. The second-order valence-electron chi connectivity index (χ2n) is 5.02. The van der Waals surface area contributed by atoms with Gasteiger partial charge in [0, 0.05) is 23.5 Å². The largest absolute Gasteiger partial charge is 0.422 e. The van der Waals surface area contributed by atoms with Crippen LogP contribution in [0.1, 0.15) is 24.0 Å². The maximum absolute atomic E-state index is 12.0. The number of halogens is 1. The molecule has 1 saturated heterocycles. The molecule has 5 heteroatoms. The summed E-state index contributed by atoms with van der Waals surface area (Å²) in [5.41, 5.74) is 1.48. The Kier molecular flexibility index (Phi) is 3.15. The van der Waals surface area contributed by atoms with Crippen molar-refractivity contribution in [3.05, 3.63) is 38.7 Å². The van der Waals surface area contributed by atoms with Crippen LogP contribution < -0.4 is 10.5 Å². The van der Waals surface area contributed by atoms with Crippen LogP contribution in [-0.2, 0) is 0 Å². The number of nitrogens with zero attached hydrogens (tertiary/aromatic N) is 2. The molecule has 0 spiro atoms. The van der Waals surface area contributed by atoms with Gasteiger partial charge in [-0.25, -0.2) is 4.79 Å². The standard InChI is InChI=1S/C15H13ClN2O2/c1-9-6-13-10(7-12(9)16)14(18-4-2-3-5-18)11(8-17)15(19)20-13/h6-7H,2-5H2,1H3. The Morgan fingerprint density at radius 2 is 2.05 bits per heavy atom. The van der Waals surface area contributed by atoms with Crippen molar-refractivity contribution >= 4 is 28.3 Å². The fraction of sp³-hybridized carbons (Fsp3) is 0.333. The summed E-state index contributed by atoms with van der Waals surface area (Å²) in [6.45, 7) is 3.55. The van der Waals surface area contributed by atoms with Gasteiger partial charge in [-0.1, -0.05) is 11.6 Å². The van der Waals surface area contributed by atoms with Crippen LogP contribution in [0.25, 0.3) is 11.0 Å². The van der Waals surface area contributed by atoms with E-state index >= 15 is 0 Å². The first-order chi connectivity index (χ1) is 9.61. The van der Waals surface area contributed by atoms with E-state index < -0.39 is 5.63 Å². The Balaban J connectivity index is 2.40. The Labute approximate surface area is 121 Å². The van der Waals surface area contributed by atoms with Gasteiger partial charge >= 0.3 is 5.63 Å². The van der Waals surface area contributed by atoms with Crippen LogP contribution in [-0.4, -0.2) is 13.1 Å². The average Bonchev–Trinajstić information content (AvgIpc) is 2.93. The summed E-state index contributed by atoms with van der Waals surface area (Å²) in [5.74, 6) is 0. The number of aryl methyl sites for hydroxylation is 1. The van der Waals surface area contributed by atoms with Gasteiger partial charge < -0.3 is 9.32 Å². The van der Waals surface area contributed by atoms with Gasteiger partial charge in [0.05, 0.1) is 5.69 Å². The van der Waals surface area contributed by atoms with Crippen LogP contribution in [0.15, 0.2) is 21.3 Å². The van der Waals surface area contributed by atoms with Crippen LogP contribution in [0.4, 0.5) is 5.69 Å². The van der Waals surface area contributed by atoms with Crippen molar-refractivity contribution in [2.75, 3.05) is 18.0 Å². The summed E-state index contributed by atoms with van der Waals surface area (Å²) in [4.78, 5) is 14.1.